The molecule has 0 radical (unpaired) electrons. The summed E-state index contributed by atoms with van der Waals surface area (Å²) in [5, 5.41) is 11.2. The van der Waals surface area contributed by atoms with Gasteiger partial charge in [0.15, 0.2) is 0 Å². The van der Waals surface area contributed by atoms with Crippen LogP contribution in [0.5, 0.6) is 0 Å². The fraction of sp³-hybridized carbons (Fsp3) is 0.342. The molecule has 2 unspecified atom stereocenters. The number of hydrogen-bond acceptors (Lipinski definition) is 5. The Bertz CT molecular complexity index is 1650. The van der Waals surface area contributed by atoms with Crippen molar-refractivity contribution in [2.24, 2.45) is 11.8 Å². The standard InChI is InChI=1S/C38H40ClN3O4S/c1-4-21-40(23-26-14-8-6-9-15-26)35(44)31-30-19-20-38(47-30)32(31)36(45)42(29(24-43)27-16-10-7-11-17-27)34(38)37(46)41(22-5-2)33-25(3)13-12-18-28(33)39/h4-18,29-32,34,43H,1-2,19-24H2,3H3/t29-,30-,31+,32+,34?,38?/m1/s1. The largest absolute Gasteiger partial charge is 0.394 e. The number of nitrogens with zero attached hydrogens (tertiary/aromatic N) is 3. The lowest BCUT2D eigenvalue weighted by Crippen LogP contribution is -2.56. The van der Waals surface area contributed by atoms with Crippen LogP contribution in [0, 0.1) is 18.8 Å². The van der Waals surface area contributed by atoms with Gasteiger partial charge >= 0.3 is 0 Å². The first-order valence-corrected chi connectivity index (χ1v) is 17.3. The van der Waals surface area contributed by atoms with Crippen LogP contribution in [0.4, 0.5) is 5.69 Å². The number of aliphatic hydroxyl groups excluding tert-OH is 1. The maximum atomic E-state index is 15.1. The highest BCUT2D eigenvalue weighted by Crippen LogP contribution is 2.67. The number of thioether (sulfide) groups is 1. The molecule has 3 aliphatic rings. The second kappa shape index (κ2) is 13.7. The molecule has 9 heteroatoms. The minimum atomic E-state index is -0.942. The van der Waals surface area contributed by atoms with E-state index in [1.165, 1.54) is 0 Å². The molecule has 3 aromatic rings. The quantitative estimate of drug-likeness (QED) is 0.232. The van der Waals surface area contributed by atoms with E-state index in [9.17, 15) is 14.7 Å². The lowest BCUT2D eigenvalue weighted by Gasteiger charge is -2.40. The Morgan fingerprint density at radius 3 is 2.34 bits per heavy atom. The predicted molar refractivity (Wildman–Crippen MR) is 188 cm³/mol. The number of rotatable bonds is 12. The third-order valence-electron chi connectivity index (χ3n) is 9.86. The molecular formula is C38H40ClN3O4S. The Labute approximate surface area is 285 Å². The van der Waals surface area contributed by atoms with E-state index in [2.05, 4.69) is 13.2 Å². The van der Waals surface area contributed by atoms with Gasteiger partial charge in [-0.3, -0.25) is 14.4 Å². The fourth-order valence-electron chi connectivity index (χ4n) is 7.95. The number of amides is 3. The van der Waals surface area contributed by atoms with Gasteiger partial charge in [-0.2, -0.15) is 0 Å². The second-order valence-corrected chi connectivity index (χ2v) is 14.6. The summed E-state index contributed by atoms with van der Waals surface area (Å²) in [5.41, 5.74) is 3.09. The van der Waals surface area contributed by atoms with Gasteiger partial charge in [0.1, 0.15) is 6.04 Å². The topological polar surface area (TPSA) is 81.2 Å². The molecule has 2 bridgehead atoms. The van der Waals surface area contributed by atoms with Crippen molar-refractivity contribution in [3.8, 4) is 0 Å². The Morgan fingerprint density at radius 1 is 1.02 bits per heavy atom. The third kappa shape index (κ3) is 5.70. The zero-order chi connectivity index (χ0) is 33.3. The van der Waals surface area contributed by atoms with Gasteiger partial charge in [-0.25, -0.2) is 0 Å². The molecule has 3 fully saturated rings. The molecule has 3 aliphatic heterocycles. The van der Waals surface area contributed by atoms with Crippen LogP contribution in [0.15, 0.2) is 104 Å². The van der Waals surface area contributed by atoms with Gasteiger partial charge in [0.25, 0.3) is 5.91 Å². The lowest BCUT2D eigenvalue weighted by molar-refractivity contribution is -0.145. The summed E-state index contributed by atoms with van der Waals surface area (Å²) in [7, 11) is 0. The summed E-state index contributed by atoms with van der Waals surface area (Å²) in [6, 6.07) is 22.9. The van der Waals surface area contributed by atoms with E-state index in [4.69, 9.17) is 11.6 Å². The molecule has 7 nitrogen and oxygen atoms in total. The maximum absolute atomic E-state index is 15.1. The van der Waals surface area contributed by atoms with Crippen molar-refractivity contribution in [3.63, 3.8) is 0 Å². The van der Waals surface area contributed by atoms with E-state index < -0.39 is 28.7 Å². The van der Waals surface area contributed by atoms with Crippen LogP contribution in [0.25, 0.3) is 0 Å². The number of fused-ring (bicyclic) bond motifs is 1. The Balaban J connectivity index is 1.46. The SMILES string of the molecule is C=CCN(Cc1ccccc1)C(=O)[C@@H]1[C@H]2C(=O)N([C@H](CO)c3ccccc3)C(C(=O)N(CC=C)c3c(C)cccc3Cl)C23CC[C@H]1S3. The highest BCUT2D eigenvalue weighted by atomic mass is 35.5. The van der Waals surface area contributed by atoms with Crippen molar-refractivity contribution in [1.82, 2.24) is 9.80 Å². The molecule has 6 rings (SSSR count). The summed E-state index contributed by atoms with van der Waals surface area (Å²) < 4.78 is -0.859. The smallest absolute Gasteiger partial charge is 0.251 e. The molecule has 47 heavy (non-hydrogen) atoms. The van der Waals surface area contributed by atoms with Crippen LogP contribution in [0.3, 0.4) is 0 Å². The van der Waals surface area contributed by atoms with Crippen LogP contribution in [0.1, 0.15) is 35.6 Å². The maximum Gasteiger partial charge on any atom is 0.251 e. The number of aryl methyl sites for hydroxylation is 1. The number of halogens is 1. The number of aliphatic hydroxyl groups is 1. The first kappa shape index (κ1) is 33.1. The van der Waals surface area contributed by atoms with E-state index in [0.29, 0.717) is 36.6 Å². The molecule has 0 aliphatic carbocycles. The van der Waals surface area contributed by atoms with E-state index >= 15 is 4.79 Å². The molecule has 3 saturated heterocycles. The van der Waals surface area contributed by atoms with Crippen LogP contribution < -0.4 is 4.90 Å². The van der Waals surface area contributed by atoms with Gasteiger partial charge < -0.3 is 19.8 Å². The van der Waals surface area contributed by atoms with Gasteiger partial charge in [-0.05, 0) is 42.5 Å². The van der Waals surface area contributed by atoms with Gasteiger partial charge in [-0.1, -0.05) is 96.5 Å². The van der Waals surface area contributed by atoms with Gasteiger partial charge in [0.05, 0.1) is 39.9 Å². The highest BCUT2D eigenvalue weighted by molar-refractivity contribution is 8.02. The van der Waals surface area contributed by atoms with Gasteiger partial charge in [0, 0.05) is 24.9 Å². The summed E-state index contributed by atoms with van der Waals surface area (Å²) in [4.78, 5) is 49.7. The van der Waals surface area contributed by atoms with Crippen molar-refractivity contribution in [1.29, 1.82) is 0 Å². The molecule has 0 saturated carbocycles. The predicted octanol–water partition coefficient (Wildman–Crippen LogP) is 6.21. The van der Waals surface area contributed by atoms with E-state index in [-0.39, 0.29) is 36.1 Å². The molecule has 1 N–H and O–H groups in total. The van der Waals surface area contributed by atoms with Crippen molar-refractivity contribution < 1.29 is 19.5 Å². The monoisotopic (exact) mass is 669 g/mol. The zero-order valence-corrected chi connectivity index (χ0v) is 28.1. The third-order valence-corrected chi connectivity index (χ3v) is 12.1. The summed E-state index contributed by atoms with van der Waals surface area (Å²) in [6.45, 7) is 10.3. The average molecular weight is 670 g/mol. The number of anilines is 1. The Kier molecular flexibility index (Phi) is 9.65. The van der Waals surface area contributed by atoms with Crippen LogP contribution in [0.2, 0.25) is 5.02 Å². The second-order valence-electron chi connectivity index (χ2n) is 12.5. The van der Waals surface area contributed by atoms with E-state index in [0.717, 1.165) is 16.7 Å². The molecule has 3 heterocycles. The average Bonchev–Trinajstić information content (AvgIpc) is 3.72. The number of carbonyl (C=O) groups is 3. The molecule has 0 aromatic heterocycles. The van der Waals surface area contributed by atoms with Crippen LogP contribution >= 0.6 is 23.4 Å². The molecule has 1 spiro atoms. The summed E-state index contributed by atoms with van der Waals surface area (Å²) in [6.07, 6.45) is 4.67. The molecule has 3 aromatic carbocycles. The number of benzene rings is 3. The van der Waals surface area contributed by atoms with E-state index in [1.807, 2.05) is 79.7 Å². The fourth-order valence-corrected chi connectivity index (χ4v) is 10.5. The normalized spacial score (nSPS) is 24.9. The molecular weight excluding hydrogens is 630 g/mol. The Morgan fingerprint density at radius 2 is 1.70 bits per heavy atom. The van der Waals surface area contributed by atoms with Crippen molar-refractivity contribution in [2.45, 2.75) is 48.4 Å². The lowest BCUT2D eigenvalue weighted by atomic mass is 9.70. The van der Waals surface area contributed by atoms with Gasteiger partial charge in [-0.15, -0.1) is 24.9 Å². The first-order chi connectivity index (χ1) is 22.8. The van der Waals surface area contributed by atoms with Crippen molar-refractivity contribution >= 4 is 46.8 Å². The Hall–Kier alpha value is -3.85. The molecule has 244 valence electrons. The van der Waals surface area contributed by atoms with Crippen molar-refractivity contribution in [2.75, 3.05) is 24.6 Å². The molecule has 6 atom stereocenters. The summed E-state index contributed by atoms with van der Waals surface area (Å²) in [5.74, 6) is -2.02. The van der Waals surface area contributed by atoms with E-state index in [1.54, 1.807) is 44.7 Å². The minimum absolute atomic E-state index is 0.107. The van der Waals surface area contributed by atoms with Gasteiger partial charge in [0.2, 0.25) is 11.8 Å². The number of para-hydroxylation sites is 1. The zero-order valence-electron chi connectivity index (χ0n) is 26.5. The summed E-state index contributed by atoms with van der Waals surface area (Å²) >= 11 is 8.34. The van der Waals surface area contributed by atoms with Crippen LogP contribution in [-0.2, 0) is 20.9 Å². The van der Waals surface area contributed by atoms with Crippen molar-refractivity contribution in [3.05, 3.63) is 126 Å². The number of likely N-dealkylation sites (tertiary alicyclic amines) is 1. The first-order valence-electron chi connectivity index (χ1n) is 16.0. The number of carbonyl (C=O) groups excluding carboxylic acids is 3. The highest BCUT2D eigenvalue weighted by Gasteiger charge is 2.74. The minimum Gasteiger partial charge on any atom is -0.394 e. The van der Waals surface area contributed by atoms with Crippen LogP contribution in [-0.4, -0.2) is 68.4 Å². The molecule has 3 amide bonds. The number of hydrogen-bond donors (Lipinski definition) is 1.